The van der Waals surface area contributed by atoms with Gasteiger partial charge in [-0.05, 0) is 36.5 Å². The molecule has 0 aliphatic heterocycles. The lowest BCUT2D eigenvalue weighted by atomic mass is 10.1. The summed E-state index contributed by atoms with van der Waals surface area (Å²) in [5.41, 5.74) is -0.0907. The van der Waals surface area contributed by atoms with E-state index in [9.17, 15) is 22.4 Å². The van der Waals surface area contributed by atoms with E-state index in [4.69, 9.17) is 17.0 Å². The Morgan fingerprint density at radius 1 is 1.00 bits per heavy atom. The van der Waals surface area contributed by atoms with Gasteiger partial charge in [-0.25, -0.2) is 13.8 Å². The molecule has 162 valence electrons. The van der Waals surface area contributed by atoms with Gasteiger partial charge in [0.2, 0.25) is 11.6 Å². The summed E-state index contributed by atoms with van der Waals surface area (Å²) in [6.45, 7) is 0. The molecule has 1 heterocycles. The van der Waals surface area contributed by atoms with Crippen LogP contribution in [0.2, 0.25) is 0 Å². The number of hydrogen-bond acceptors (Lipinski definition) is 6. The Bertz CT molecular complexity index is 1120. The van der Waals surface area contributed by atoms with Crippen LogP contribution in [0.1, 0.15) is 10.4 Å². The monoisotopic (exact) mass is 471 g/mol. The molecule has 0 radical (unpaired) electrons. The number of anilines is 1. The molecule has 31 heavy (non-hydrogen) atoms. The molecule has 0 bridgehead atoms. The van der Waals surface area contributed by atoms with Gasteiger partial charge >= 0.3 is 0 Å². The second-order valence-corrected chi connectivity index (χ2v) is 7.11. The summed E-state index contributed by atoms with van der Waals surface area (Å²) in [5.74, 6) is -9.59. The minimum Gasteiger partial charge on any atom is -0.497 e. The molecule has 2 aromatic carbocycles. The van der Waals surface area contributed by atoms with E-state index in [1.165, 1.54) is 0 Å². The summed E-state index contributed by atoms with van der Waals surface area (Å²) < 4.78 is 65.1. The van der Waals surface area contributed by atoms with E-state index < -0.39 is 40.5 Å². The summed E-state index contributed by atoms with van der Waals surface area (Å²) in [7, 11) is 2.37. The number of rotatable bonds is 5. The molecule has 0 fully saturated rings. The van der Waals surface area contributed by atoms with Crippen LogP contribution in [0.15, 0.2) is 29.6 Å². The highest BCUT2D eigenvalue weighted by Crippen LogP contribution is 2.30. The van der Waals surface area contributed by atoms with E-state index >= 15 is 0 Å². The molecule has 12 heteroatoms. The molecule has 3 aromatic rings. The van der Waals surface area contributed by atoms with Crippen LogP contribution < -0.4 is 20.1 Å². The highest BCUT2D eigenvalue weighted by atomic mass is 32.1. The first-order valence-electron chi connectivity index (χ1n) is 8.39. The number of nitrogens with one attached hydrogen (secondary N) is 2. The Labute approximate surface area is 182 Å². The SMILES string of the molecule is COc1ccc(-c2csc(NC(=S)NC(=O)c3c(F)c(F)c(OC)c(F)c3F)n2)cc1. The third-order valence-electron chi connectivity index (χ3n) is 3.99. The Balaban J connectivity index is 1.73. The molecule has 2 N–H and O–H groups in total. The van der Waals surface area contributed by atoms with Crippen molar-refractivity contribution in [2.24, 2.45) is 0 Å². The smallest absolute Gasteiger partial charge is 0.263 e. The van der Waals surface area contributed by atoms with E-state index in [1.807, 2.05) is 5.32 Å². The number of methoxy groups -OCH3 is 2. The first-order chi connectivity index (χ1) is 14.8. The summed E-state index contributed by atoms with van der Waals surface area (Å²) in [4.78, 5) is 16.4. The fraction of sp³-hybridized carbons (Fsp3) is 0.105. The summed E-state index contributed by atoms with van der Waals surface area (Å²) >= 11 is 6.07. The second kappa shape index (κ2) is 9.27. The summed E-state index contributed by atoms with van der Waals surface area (Å²) in [6.07, 6.45) is 0. The molecule has 6 nitrogen and oxygen atoms in total. The maximum atomic E-state index is 14.1. The average molecular weight is 471 g/mol. The number of halogens is 4. The lowest BCUT2D eigenvalue weighted by molar-refractivity contribution is 0.0966. The zero-order valence-corrected chi connectivity index (χ0v) is 17.5. The minimum absolute atomic E-state index is 0.268. The normalized spacial score (nSPS) is 10.5. The van der Waals surface area contributed by atoms with E-state index in [2.05, 4.69) is 15.0 Å². The zero-order chi connectivity index (χ0) is 22.7. The third-order valence-corrected chi connectivity index (χ3v) is 4.95. The summed E-state index contributed by atoms with van der Waals surface area (Å²) in [5, 5.41) is 6.13. The number of nitrogens with zero attached hydrogens (tertiary/aromatic N) is 1. The van der Waals surface area contributed by atoms with E-state index in [0.29, 0.717) is 11.4 Å². The second-order valence-electron chi connectivity index (χ2n) is 5.84. The van der Waals surface area contributed by atoms with Gasteiger partial charge in [-0.2, -0.15) is 8.78 Å². The largest absolute Gasteiger partial charge is 0.497 e. The molecule has 0 unspecified atom stereocenters. The predicted octanol–water partition coefficient (Wildman–Crippen LogP) is 4.51. The Kier molecular flexibility index (Phi) is 6.71. The first kappa shape index (κ1) is 22.4. The first-order valence-corrected chi connectivity index (χ1v) is 9.67. The van der Waals surface area contributed by atoms with Crippen molar-refractivity contribution in [1.29, 1.82) is 0 Å². The van der Waals surface area contributed by atoms with Crippen LogP contribution in [-0.4, -0.2) is 30.2 Å². The van der Waals surface area contributed by atoms with Gasteiger partial charge in [0.05, 0.1) is 19.9 Å². The van der Waals surface area contributed by atoms with Crippen molar-refractivity contribution in [3.05, 3.63) is 58.5 Å². The number of thiocarbonyl (C=S) groups is 1. The van der Waals surface area contributed by atoms with E-state index in [0.717, 1.165) is 24.0 Å². The maximum absolute atomic E-state index is 14.1. The molecular formula is C19H13F4N3O3S2. The van der Waals surface area contributed by atoms with Gasteiger partial charge in [0, 0.05) is 10.9 Å². The van der Waals surface area contributed by atoms with Gasteiger partial charge in [-0.1, -0.05) is 0 Å². The number of amides is 1. The maximum Gasteiger partial charge on any atom is 0.263 e. The van der Waals surface area contributed by atoms with Crippen molar-refractivity contribution in [1.82, 2.24) is 10.3 Å². The molecule has 1 aromatic heterocycles. The topological polar surface area (TPSA) is 72.5 Å². The van der Waals surface area contributed by atoms with Crippen molar-refractivity contribution < 1.29 is 31.8 Å². The zero-order valence-electron chi connectivity index (χ0n) is 15.9. The molecule has 0 atom stereocenters. The number of thiazole rings is 1. The average Bonchev–Trinajstić information content (AvgIpc) is 3.21. The summed E-state index contributed by atoms with van der Waals surface area (Å²) in [6, 6.07) is 7.08. The van der Waals surface area contributed by atoms with Gasteiger partial charge in [-0.3, -0.25) is 10.1 Å². The van der Waals surface area contributed by atoms with Crippen LogP contribution in [0.4, 0.5) is 22.7 Å². The lowest BCUT2D eigenvalue weighted by Crippen LogP contribution is -2.35. The quantitative estimate of drug-likeness (QED) is 0.324. The number of carbonyl (C=O) groups excluding carboxylic acids is 1. The van der Waals surface area contributed by atoms with Crippen molar-refractivity contribution in [2.75, 3.05) is 19.5 Å². The molecule has 1 amide bonds. The van der Waals surface area contributed by atoms with Crippen LogP contribution in [0.5, 0.6) is 11.5 Å². The Morgan fingerprint density at radius 3 is 2.16 bits per heavy atom. The molecule has 0 spiro atoms. The third kappa shape index (κ3) is 4.59. The van der Waals surface area contributed by atoms with Gasteiger partial charge in [0.1, 0.15) is 11.3 Å². The molecule has 3 rings (SSSR count). The fourth-order valence-corrected chi connectivity index (χ4v) is 3.49. The standard InChI is InChI=1S/C19H13F4N3O3S2/c1-28-9-5-3-8(4-6-9)10-7-31-19(24-10)26-18(30)25-17(27)11-12(20)14(22)16(29-2)15(23)13(11)21/h3-7H,1-2H3,(H2,24,25,26,27,30). The Morgan fingerprint density at radius 2 is 1.61 bits per heavy atom. The van der Waals surface area contributed by atoms with Crippen molar-refractivity contribution >= 4 is 39.7 Å². The fourth-order valence-electron chi connectivity index (χ4n) is 2.51. The number of benzene rings is 2. The molecular weight excluding hydrogens is 458 g/mol. The number of hydrogen-bond donors (Lipinski definition) is 2. The van der Waals surface area contributed by atoms with Crippen LogP contribution in [0.3, 0.4) is 0 Å². The van der Waals surface area contributed by atoms with E-state index in [1.54, 1.807) is 36.8 Å². The number of carbonyl (C=O) groups is 1. The molecule has 0 aliphatic rings. The van der Waals surface area contributed by atoms with Crippen LogP contribution in [0.25, 0.3) is 11.3 Å². The van der Waals surface area contributed by atoms with Gasteiger partial charge in [0.15, 0.2) is 27.6 Å². The van der Waals surface area contributed by atoms with Gasteiger partial charge in [0.25, 0.3) is 5.91 Å². The highest BCUT2D eigenvalue weighted by molar-refractivity contribution is 7.80. The predicted molar refractivity (Wildman–Crippen MR) is 111 cm³/mol. The highest BCUT2D eigenvalue weighted by Gasteiger charge is 2.30. The van der Waals surface area contributed by atoms with Crippen molar-refractivity contribution in [2.45, 2.75) is 0 Å². The molecule has 0 aliphatic carbocycles. The van der Waals surface area contributed by atoms with Crippen molar-refractivity contribution in [3.8, 4) is 22.8 Å². The molecule has 0 saturated heterocycles. The minimum atomic E-state index is -1.91. The van der Waals surface area contributed by atoms with Crippen LogP contribution >= 0.6 is 23.6 Å². The van der Waals surface area contributed by atoms with Gasteiger partial charge in [-0.15, -0.1) is 11.3 Å². The lowest BCUT2D eigenvalue weighted by Gasteiger charge is -2.12. The van der Waals surface area contributed by atoms with E-state index in [-0.39, 0.29) is 10.2 Å². The van der Waals surface area contributed by atoms with Crippen molar-refractivity contribution in [3.63, 3.8) is 0 Å². The number of ether oxygens (including phenoxy) is 2. The van der Waals surface area contributed by atoms with Crippen LogP contribution in [0, 0.1) is 23.3 Å². The Hall–Kier alpha value is -3.25. The number of aromatic nitrogens is 1. The van der Waals surface area contributed by atoms with Crippen LogP contribution in [-0.2, 0) is 0 Å². The van der Waals surface area contributed by atoms with Gasteiger partial charge < -0.3 is 14.8 Å². The molecule has 0 saturated carbocycles.